The second kappa shape index (κ2) is 8.25. The minimum absolute atomic E-state index is 0.194. The number of carbonyl (C=O) groups excluding carboxylic acids is 1. The van der Waals surface area contributed by atoms with Crippen LogP contribution in [0.2, 0.25) is 0 Å². The average molecular weight is 171 g/mol. The third kappa shape index (κ3) is 17.8. The van der Waals surface area contributed by atoms with Gasteiger partial charge in [0.05, 0.1) is 5.34 Å². The smallest absolute Gasteiger partial charge is 0.132 e. The maximum absolute atomic E-state index is 10.1. The van der Waals surface area contributed by atoms with Gasteiger partial charge in [-0.2, -0.15) is 0 Å². The SMILES string of the molecule is CC(=O)C(C)C.ClCCl. The summed E-state index contributed by atoms with van der Waals surface area (Å²) in [7, 11) is 0. The van der Waals surface area contributed by atoms with Crippen LogP contribution in [0.25, 0.3) is 0 Å². The summed E-state index contributed by atoms with van der Waals surface area (Å²) in [6.45, 7) is 5.38. The zero-order chi connectivity index (χ0) is 7.86. The van der Waals surface area contributed by atoms with Crippen LogP contribution in [0, 0.1) is 5.92 Å². The minimum atomic E-state index is 0.194. The van der Waals surface area contributed by atoms with Gasteiger partial charge in [-0.05, 0) is 6.92 Å². The Bertz CT molecular complexity index is 71.5. The minimum Gasteiger partial charge on any atom is -0.300 e. The molecule has 0 rings (SSSR count). The monoisotopic (exact) mass is 170 g/mol. The van der Waals surface area contributed by atoms with Crippen molar-refractivity contribution in [2.24, 2.45) is 5.92 Å². The molecule has 1 nitrogen and oxygen atoms in total. The Labute approximate surface area is 66.3 Å². The molecule has 0 N–H and O–H groups in total. The largest absolute Gasteiger partial charge is 0.300 e. The molecule has 0 radical (unpaired) electrons. The van der Waals surface area contributed by atoms with Gasteiger partial charge in [0.25, 0.3) is 0 Å². The summed E-state index contributed by atoms with van der Waals surface area (Å²) < 4.78 is 0. The Kier molecular flexibility index (Phi) is 11.0. The van der Waals surface area contributed by atoms with E-state index in [1.807, 2.05) is 13.8 Å². The van der Waals surface area contributed by atoms with Gasteiger partial charge >= 0.3 is 0 Å². The lowest BCUT2D eigenvalue weighted by molar-refractivity contribution is -0.119. The second-order valence-corrected chi connectivity index (χ2v) is 2.67. The van der Waals surface area contributed by atoms with Crippen molar-refractivity contribution < 1.29 is 4.79 Å². The summed E-state index contributed by atoms with van der Waals surface area (Å²) in [5.74, 6) is 0.472. The second-order valence-electron chi connectivity index (χ2n) is 1.87. The molecule has 0 saturated carbocycles. The van der Waals surface area contributed by atoms with Crippen LogP contribution < -0.4 is 0 Å². The number of hydrogen-bond donors (Lipinski definition) is 0. The molecule has 0 aromatic rings. The van der Waals surface area contributed by atoms with Crippen molar-refractivity contribution in [1.29, 1.82) is 0 Å². The first kappa shape index (κ1) is 12.0. The molecule has 56 valence electrons. The molecule has 0 saturated heterocycles. The molecule has 0 spiro atoms. The molecule has 0 bridgehead atoms. The van der Waals surface area contributed by atoms with Gasteiger partial charge in [-0.15, -0.1) is 23.2 Å². The maximum atomic E-state index is 10.1. The molecule has 0 fully saturated rings. The van der Waals surface area contributed by atoms with Crippen LogP contribution >= 0.6 is 23.2 Å². The molecule has 0 unspecified atom stereocenters. The highest BCUT2D eigenvalue weighted by atomic mass is 35.5. The van der Waals surface area contributed by atoms with Gasteiger partial charge in [0, 0.05) is 5.92 Å². The summed E-state index contributed by atoms with van der Waals surface area (Å²) in [6.07, 6.45) is 0. The number of carbonyl (C=O) groups is 1. The summed E-state index contributed by atoms with van der Waals surface area (Å²) in [5, 5.41) is 0.194. The number of halogens is 2. The fraction of sp³-hybridized carbons (Fsp3) is 0.833. The zero-order valence-electron chi connectivity index (χ0n) is 5.95. The molecular formula is C6H12Cl2O. The van der Waals surface area contributed by atoms with E-state index >= 15 is 0 Å². The fourth-order valence-electron chi connectivity index (χ4n) is 0. The van der Waals surface area contributed by atoms with Crippen LogP contribution in [0.5, 0.6) is 0 Å². The lowest BCUT2D eigenvalue weighted by Crippen LogP contribution is -1.98. The van der Waals surface area contributed by atoms with Gasteiger partial charge in [-0.3, -0.25) is 4.79 Å². The quantitative estimate of drug-likeness (QED) is 0.554. The van der Waals surface area contributed by atoms with E-state index in [9.17, 15) is 4.79 Å². The Morgan fingerprint density at radius 3 is 1.56 bits per heavy atom. The van der Waals surface area contributed by atoms with E-state index in [1.165, 1.54) is 0 Å². The van der Waals surface area contributed by atoms with E-state index in [-0.39, 0.29) is 17.0 Å². The van der Waals surface area contributed by atoms with Crippen molar-refractivity contribution in [2.45, 2.75) is 20.8 Å². The van der Waals surface area contributed by atoms with Crippen molar-refractivity contribution >= 4 is 29.0 Å². The topological polar surface area (TPSA) is 17.1 Å². The van der Waals surface area contributed by atoms with Crippen LogP contribution in [-0.2, 0) is 4.79 Å². The molecule has 0 heterocycles. The first-order valence-corrected chi connectivity index (χ1v) is 3.75. The Morgan fingerprint density at radius 2 is 1.56 bits per heavy atom. The van der Waals surface area contributed by atoms with Crippen molar-refractivity contribution in [1.82, 2.24) is 0 Å². The molecule has 0 aromatic carbocycles. The normalized spacial score (nSPS) is 8.22. The molecular weight excluding hydrogens is 159 g/mol. The highest BCUT2D eigenvalue weighted by Gasteiger charge is 1.94. The Hall–Kier alpha value is 0.250. The number of Topliss-reactive ketones (excluding diaryl/α,β-unsaturated/α-hetero) is 1. The molecule has 0 aliphatic heterocycles. The molecule has 9 heavy (non-hydrogen) atoms. The third-order valence-corrected chi connectivity index (χ3v) is 0.813. The van der Waals surface area contributed by atoms with E-state index in [1.54, 1.807) is 6.92 Å². The molecule has 3 heteroatoms. The zero-order valence-corrected chi connectivity index (χ0v) is 7.46. The van der Waals surface area contributed by atoms with Gasteiger partial charge in [0.2, 0.25) is 0 Å². The number of ketones is 1. The molecule has 0 aliphatic rings. The van der Waals surface area contributed by atoms with Crippen molar-refractivity contribution in [3.05, 3.63) is 0 Å². The first-order chi connectivity index (χ1) is 4.06. The van der Waals surface area contributed by atoms with Crippen LogP contribution in [0.15, 0.2) is 0 Å². The molecule has 0 amide bonds. The van der Waals surface area contributed by atoms with Crippen LogP contribution in [-0.4, -0.2) is 11.1 Å². The third-order valence-electron chi connectivity index (χ3n) is 0.813. The number of hydrogen-bond acceptors (Lipinski definition) is 1. The standard InChI is InChI=1S/C5H10O.CH2Cl2/c1-4(2)5(3)6;2-1-3/h4H,1-3H3;1H2. The lowest BCUT2D eigenvalue weighted by atomic mass is 10.1. The van der Waals surface area contributed by atoms with Crippen LogP contribution in [0.1, 0.15) is 20.8 Å². The van der Waals surface area contributed by atoms with Gasteiger partial charge in [-0.25, -0.2) is 0 Å². The number of alkyl halides is 2. The van der Waals surface area contributed by atoms with Gasteiger partial charge < -0.3 is 0 Å². The molecule has 0 atom stereocenters. The van der Waals surface area contributed by atoms with E-state index in [4.69, 9.17) is 23.2 Å². The van der Waals surface area contributed by atoms with E-state index < -0.39 is 0 Å². The summed E-state index contributed by atoms with van der Waals surface area (Å²) in [6, 6.07) is 0. The van der Waals surface area contributed by atoms with Gasteiger partial charge in [0.15, 0.2) is 0 Å². The van der Waals surface area contributed by atoms with Crippen LogP contribution in [0.4, 0.5) is 0 Å². The summed E-state index contributed by atoms with van der Waals surface area (Å²) in [5.41, 5.74) is 0. The predicted molar refractivity (Wildman–Crippen MR) is 42.1 cm³/mol. The fourth-order valence-corrected chi connectivity index (χ4v) is 0. The van der Waals surface area contributed by atoms with Crippen molar-refractivity contribution in [3.8, 4) is 0 Å². The van der Waals surface area contributed by atoms with Crippen molar-refractivity contribution in [3.63, 3.8) is 0 Å². The predicted octanol–water partition coefficient (Wildman–Crippen LogP) is 2.65. The number of rotatable bonds is 1. The van der Waals surface area contributed by atoms with Crippen molar-refractivity contribution in [2.75, 3.05) is 5.34 Å². The summed E-state index contributed by atoms with van der Waals surface area (Å²) in [4.78, 5) is 10.1. The first-order valence-electron chi connectivity index (χ1n) is 2.68. The van der Waals surface area contributed by atoms with Crippen LogP contribution in [0.3, 0.4) is 0 Å². The Balaban J connectivity index is 0. The lowest BCUT2D eigenvalue weighted by Gasteiger charge is -1.90. The molecule has 0 aliphatic carbocycles. The van der Waals surface area contributed by atoms with Gasteiger partial charge in [0.1, 0.15) is 5.78 Å². The molecule has 0 aromatic heterocycles. The van der Waals surface area contributed by atoms with E-state index in [2.05, 4.69) is 0 Å². The summed E-state index contributed by atoms with van der Waals surface area (Å²) >= 11 is 9.53. The Morgan fingerprint density at radius 1 is 1.44 bits per heavy atom. The highest BCUT2D eigenvalue weighted by Crippen LogP contribution is 1.89. The average Bonchev–Trinajstić information content (AvgIpc) is 1.68. The van der Waals surface area contributed by atoms with E-state index in [0.717, 1.165) is 0 Å². The van der Waals surface area contributed by atoms with E-state index in [0.29, 0.717) is 0 Å². The highest BCUT2D eigenvalue weighted by molar-refractivity contribution is 6.40. The van der Waals surface area contributed by atoms with Gasteiger partial charge in [-0.1, -0.05) is 13.8 Å². The maximum Gasteiger partial charge on any atom is 0.132 e.